The molecule has 0 amide bonds. The second-order valence-electron chi connectivity index (χ2n) is 5.29. The molecule has 0 aromatic carbocycles. The first-order valence-corrected chi connectivity index (χ1v) is 8.78. The topological polar surface area (TPSA) is 27.7 Å². The van der Waals surface area contributed by atoms with Crippen LogP contribution in [0.2, 0.25) is 6.04 Å². The summed E-state index contributed by atoms with van der Waals surface area (Å²) in [7, 11) is -2.51. The third-order valence-corrected chi connectivity index (χ3v) is 5.54. The van der Waals surface area contributed by atoms with E-state index >= 15 is 0 Å². The van der Waals surface area contributed by atoms with Gasteiger partial charge >= 0.3 is 8.80 Å². The van der Waals surface area contributed by atoms with Crippen molar-refractivity contribution in [3.63, 3.8) is 0 Å². The fourth-order valence-electron chi connectivity index (χ4n) is 1.73. The van der Waals surface area contributed by atoms with Crippen LogP contribution in [0.3, 0.4) is 0 Å². The van der Waals surface area contributed by atoms with E-state index in [0.29, 0.717) is 0 Å². The Morgan fingerprint density at radius 2 is 1.12 bits per heavy atom. The van der Waals surface area contributed by atoms with Gasteiger partial charge in [-0.25, -0.2) is 0 Å². The molecule has 17 heavy (non-hydrogen) atoms. The van der Waals surface area contributed by atoms with E-state index in [2.05, 4.69) is 6.92 Å². The molecule has 0 aliphatic rings. The van der Waals surface area contributed by atoms with Gasteiger partial charge in [-0.05, 0) is 48.0 Å². The highest BCUT2D eigenvalue weighted by Crippen LogP contribution is 2.24. The minimum Gasteiger partial charge on any atom is -0.371 e. The van der Waals surface area contributed by atoms with Gasteiger partial charge in [0, 0.05) is 24.4 Å². The van der Waals surface area contributed by atoms with Crippen LogP contribution in [0.1, 0.15) is 61.3 Å². The summed E-state index contributed by atoms with van der Waals surface area (Å²) >= 11 is 0. The van der Waals surface area contributed by atoms with Gasteiger partial charge < -0.3 is 13.3 Å². The lowest BCUT2D eigenvalue weighted by Crippen LogP contribution is -2.50. The third-order valence-electron chi connectivity index (χ3n) is 2.08. The maximum absolute atomic E-state index is 6.06. The van der Waals surface area contributed by atoms with E-state index in [1.54, 1.807) is 0 Å². The Labute approximate surface area is 108 Å². The molecule has 0 aromatic heterocycles. The van der Waals surface area contributed by atoms with E-state index < -0.39 is 8.80 Å². The molecule has 104 valence electrons. The molecule has 0 aromatic rings. The van der Waals surface area contributed by atoms with Gasteiger partial charge in [-0.1, -0.05) is 13.3 Å². The van der Waals surface area contributed by atoms with E-state index in [1.807, 2.05) is 41.5 Å². The maximum atomic E-state index is 6.06. The monoisotopic (exact) mass is 262 g/mol. The second-order valence-corrected chi connectivity index (χ2v) is 7.86. The molecular weight excluding hydrogens is 232 g/mol. The van der Waals surface area contributed by atoms with Gasteiger partial charge in [-0.2, -0.15) is 0 Å². The van der Waals surface area contributed by atoms with Crippen molar-refractivity contribution in [1.82, 2.24) is 0 Å². The SMILES string of the molecule is CCCC[Si](OC(C)C)(OC(C)C)OC(C)C. The largest absolute Gasteiger partial charge is 0.501 e. The zero-order valence-corrected chi connectivity index (χ0v) is 13.6. The average Bonchev–Trinajstić information content (AvgIpc) is 2.11. The molecule has 0 unspecified atom stereocenters. The number of hydrogen-bond donors (Lipinski definition) is 0. The van der Waals surface area contributed by atoms with Gasteiger partial charge in [0.05, 0.1) is 0 Å². The predicted molar refractivity (Wildman–Crippen MR) is 74.1 cm³/mol. The highest BCUT2D eigenvalue weighted by Gasteiger charge is 2.43. The summed E-state index contributed by atoms with van der Waals surface area (Å²) in [6.07, 6.45) is 2.68. The summed E-state index contributed by atoms with van der Waals surface area (Å²) in [5.74, 6) is 0. The van der Waals surface area contributed by atoms with Crippen LogP contribution in [0, 0.1) is 0 Å². The summed E-state index contributed by atoms with van der Waals surface area (Å²) in [5, 5.41) is 0. The normalized spacial score (nSPS) is 13.1. The fraction of sp³-hybridized carbons (Fsp3) is 1.00. The lowest BCUT2D eigenvalue weighted by atomic mass is 10.4. The van der Waals surface area contributed by atoms with Crippen molar-refractivity contribution in [2.24, 2.45) is 0 Å². The van der Waals surface area contributed by atoms with Crippen LogP contribution in [0.25, 0.3) is 0 Å². The molecule has 0 aliphatic carbocycles. The highest BCUT2D eigenvalue weighted by molar-refractivity contribution is 6.60. The van der Waals surface area contributed by atoms with E-state index in [-0.39, 0.29) is 18.3 Å². The quantitative estimate of drug-likeness (QED) is 0.588. The zero-order chi connectivity index (χ0) is 13.5. The number of hydrogen-bond acceptors (Lipinski definition) is 3. The maximum Gasteiger partial charge on any atom is 0.501 e. The molecular formula is C13H30O3Si. The first kappa shape index (κ1) is 17.1. The lowest BCUT2D eigenvalue weighted by molar-refractivity contribution is 0.00286. The summed E-state index contributed by atoms with van der Waals surface area (Å²) in [5.41, 5.74) is 0. The van der Waals surface area contributed by atoms with Crippen LogP contribution in [0.15, 0.2) is 0 Å². The molecule has 4 heteroatoms. The van der Waals surface area contributed by atoms with Crippen LogP contribution in [-0.2, 0) is 13.3 Å². The fourth-order valence-corrected chi connectivity index (χ4v) is 5.19. The highest BCUT2D eigenvalue weighted by atomic mass is 28.4. The van der Waals surface area contributed by atoms with Gasteiger partial charge in [-0.15, -0.1) is 0 Å². The van der Waals surface area contributed by atoms with Crippen LogP contribution in [0.4, 0.5) is 0 Å². The standard InChI is InChI=1S/C13H30O3Si/c1-8-9-10-17(14-11(2)3,15-12(4)5)16-13(6)7/h11-13H,8-10H2,1-7H3. The van der Waals surface area contributed by atoms with Crippen molar-refractivity contribution >= 4 is 8.80 Å². The summed E-state index contributed by atoms with van der Waals surface area (Å²) < 4.78 is 18.2. The zero-order valence-electron chi connectivity index (χ0n) is 12.6. The van der Waals surface area contributed by atoms with Gasteiger partial charge in [0.15, 0.2) is 0 Å². The van der Waals surface area contributed by atoms with Crippen molar-refractivity contribution in [2.75, 3.05) is 0 Å². The predicted octanol–water partition coefficient (Wildman–Crippen LogP) is 4.00. The van der Waals surface area contributed by atoms with Gasteiger partial charge in [0.1, 0.15) is 0 Å². The molecule has 0 radical (unpaired) electrons. The van der Waals surface area contributed by atoms with Crippen LogP contribution in [-0.4, -0.2) is 27.1 Å². The molecule has 0 rings (SSSR count). The van der Waals surface area contributed by atoms with Crippen molar-refractivity contribution in [3.8, 4) is 0 Å². The first-order chi connectivity index (χ1) is 7.81. The van der Waals surface area contributed by atoms with Crippen LogP contribution < -0.4 is 0 Å². The molecule has 0 saturated carbocycles. The van der Waals surface area contributed by atoms with E-state index in [4.69, 9.17) is 13.3 Å². The molecule has 0 heterocycles. The van der Waals surface area contributed by atoms with Gasteiger partial charge in [0.25, 0.3) is 0 Å². The summed E-state index contributed by atoms with van der Waals surface area (Å²) in [6.45, 7) is 14.4. The van der Waals surface area contributed by atoms with Crippen molar-refractivity contribution in [2.45, 2.75) is 85.7 Å². The van der Waals surface area contributed by atoms with E-state index in [0.717, 1.165) is 18.9 Å². The molecule has 0 fully saturated rings. The average molecular weight is 262 g/mol. The minimum absolute atomic E-state index is 0.149. The van der Waals surface area contributed by atoms with Crippen molar-refractivity contribution in [3.05, 3.63) is 0 Å². The van der Waals surface area contributed by atoms with E-state index in [1.165, 1.54) is 0 Å². The molecule has 0 spiro atoms. The molecule has 0 saturated heterocycles. The van der Waals surface area contributed by atoms with Crippen LogP contribution >= 0.6 is 0 Å². The Balaban J connectivity index is 4.76. The lowest BCUT2D eigenvalue weighted by Gasteiger charge is -2.34. The number of rotatable bonds is 9. The Morgan fingerprint density at radius 3 is 1.35 bits per heavy atom. The molecule has 0 aliphatic heterocycles. The Bertz CT molecular complexity index is 167. The molecule has 0 N–H and O–H groups in total. The Kier molecular flexibility index (Phi) is 8.29. The Hall–Kier alpha value is 0.0969. The van der Waals surface area contributed by atoms with Gasteiger partial charge in [0.2, 0.25) is 0 Å². The number of unbranched alkanes of at least 4 members (excludes halogenated alkanes) is 1. The van der Waals surface area contributed by atoms with Crippen molar-refractivity contribution in [1.29, 1.82) is 0 Å². The smallest absolute Gasteiger partial charge is 0.371 e. The summed E-state index contributed by atoms with van der Waals surface area (Å²) in [6, 6.07) is 0.915. The summed E-state index contributed by atoms with van der Waals surface area (Å²) in [4.78, 5) is 0. The van der Waals surface area contributed by atoms with Gasteiger partial charge in [-0.3, -0.25) is 0 Å². The molecule has 0 atom stereocenters. The van der Waals surface area contributed by atoms with Crippen molar-refractivity contribution < 1.29 is 13.3 Å². The molecule has 3 nitrogen and oxygen atoms in total. The van der Waals surface area contributed by atoms with E-state index in [9.17, 15) is 0 Å². The minimum atomic E-state index is -2.51. The second kappa shape index (κ2) is 8.24. The third kappa shape index (κ3) is 7.92. The first-order valence-electron chi connectivity index (χ1n) is 6.84. The molecule has 0 bridgehead atoms. The van der Waals surface area contributed by atoms with Crippen LogP contribution in [0.5, 0.6) is 0 Å². The Morgan fingerprint density at radius 1 is 0.765 bits per heavy atom.